The molecule has 0 saturated heterocycles. The van der Waals surface area contributed by atoms with Crippen LogP contribution in [0.1, 0.15) is 17.3 Å². The Balaban J connectivity index is 2.02. The maximum Gasteiger partial charge on any atom is 0.253 e. The van der Waals surface area contributed by atoms with E-state index in [0.717, 1.165) is 0 Å². The van der Waals surface area contributed by atoms with Crippen molar-refractivity contribution < 1.29 is 9.90 Å². The van der Waals surface area contributed by atoms with E-state index in [1.165, 1.54) is 18.2 Å². The van der Waals surface area contributed by atoms with Crippen LogP contribution in [0.4, 0.5) is 0 Å². The van der Waals surface area contributed by atoms with Gasteiger partial charge in [0, 0.05) is 18.4 Å². The maximum absolute atomic E-state index is 12.0. The number of hydrogen-bond donors (Lipinski definition) is 2. The zero-order valence-electron chi connectivity index (χ0n) is 10.4. The number of aromatic hydroxyl groups is 1. The molecule has 1 unspecified atom stereocenters. The van der Waals surface area contributed by atoms with Crippen molar-refractivity contribution in [2.75, 3.05) is 0 Å². The van der Waals surface area contributed by atoms with Crippen molar-refractivity contribution in [3.8, 4) is 5.75 Å². The van der Waals surface area contributed by atoms with Crippen LogP contribution < -0.4 is 5.32 Å². The first kappa shape index (κ1) is 13.4. The van der Waals surface area contributed by atoms with Gasteiger partial charge in [-0.2, -0.15) is 5.10 Å². The number of hydrogen-bond acceptors (Lipinski definition) is 3. The number of halogens is 1. The first-order chi connectivity index (χ1) is 9.06. The summed E-state index contributed by atoms with van der Waals surface area (Å²) in [7, 11) is 0. The summed E-state index contributed by atoms with van der Waals surface area (Å²) in [5, 5.41) is 16.6. The molecule has 2 aromatic rings. The van der Waals surface area contributed by atoms with Crippen molar-refractivity contribution in [3.05, 3.63) is 47.2 Å². The molecule has 0 bridgehead atoms. The van der Waals surface area contributed by atoms with Crippen LogP contribution in [0.5, 0.6) is 5.75 Å². The number of phenols is 1. The third-order valence-electron chi connectivity index (χ3n) is 2.59. The van der Waals surface area contributed by atoms with E-state index in [4.69, 9.17) is 11.6 Å². The number of carbonyl (C=O) groups excluding carboxylic acids is 1. The number of amides is 1. The smallest absolute Gasteiger partial charge is 0.253 e. The van der Waals surface area contributed by atoms with Crippen molar-refractivity contribution in [1.82, 2.24) is 15.1 Å². The Morgan fingerprint density at radius 2 is 2.37 bits per heavy atom. The standard InChI is InChI=1S/C13H14ClN3O2/c1-9(8-17-6-2-5-15-17)16-13(19)11-7-10(18)3-4-12(11)14/h2-7,9,18H,8H2,1H3,(H,16,19). The van der Waals surface area contributed by atoms with Gasteiger partial charge in [0.25, 0.3) is 5.91 Å². The zero-order valence-corrected chi connectivity index (χ0v) is 11.1. The average molecular weight is 280 g/mol. The second-order valence-corrected chi connectivity index (χ2v) is 4.67. The van der Waals surface area contributed by atoms with Crippen LogP contribution in [0.25, 0.3) is 0 Å². The molecule has 1 atom stereocenters. The highest BCUT2D eigenvalue weighted by Gasteiger charge is 2.14. The number of aromatic nitrogens is 2. The van der Waals surface area contributed by atoms with Gasteiger partial charge >= 0.3 is 0 Å². The van der Waals surface area contributed by atoms with Crippen molar-refractivity contribution in [2.45, 2.75) is 19.5 Å². The quantitative estimate of drug-likeness (QED) is 0.900. The minimum atomic E-state index is -0.319. The van der Waals surface area contributed by atoms with E-state index in [0.29, 0.717) is 11.6 Å². The van der Waals surface area contributed by atoms with Gasteiger partial charge in [0.2, 0.25) is 0 Å². The fourth-order valence-corrected chi connectivity index (χ4v) is 1.93. The van der Waals surface area contributed by atoms with Crippen LogP contribution in [0.15, 0.2) is 36.7 Å². The van der Waals surface area contributed by atoms with E-state index >= 15 is 0 Å². The van der Waals surface area contributed by atoms with Crippen LogP contribution in [0.3, 0.4) is 0 Å². The lowest BCUT2D eigenvalue weighted by Gasteiger charge is -2.14. The second kappa shape index (κ2) is 5.75. The Morgan fingerprint density at radius 1 is 1.58 bits per heavy atom. The number of rotatable bonds is 4. The van der Waals surface area contributed by atoms with Gasteiger partial charge in [-0.25, -0.2) is 0 Å². The third-order valence-corrected chi connectivity index (χ3v) is 2.92. The summed E-state index contributed by atoms with van der Waals surface area (Å²) in [5.74, 6) is -0.310. The molecule has 0 aliphatic heterocycles. The lowest BCUT2D eigenvalue weighted by atomic mass is 10.2. The number of carbonyl (C=O) groups is 1. The topological polar surface area (TPSA) is 67.2 Å². The Kier molecular flexibility index (Phi) is 4.06. The van der Waals surface area contributed by atoms with Crippen molar-refractivity contribution in [1.29, 1.82) is 0 Å². The summed E-state index contributed by atoms with van der Waals surface area (Å²) < 4.78 is 1.73. The molecule has 0 radical (unpaired) electrons. The predicted octanol–water partition coefficient (Wildman–Crippen LogP) is 2.06. The molecule has 0 aliphatic carbocycles. The van der Waals surface area contributed by atoms with Crippen LogP contribution in [0, 0.1) is 0 Å². The van der Waals surface area contributed by atoms with Crippen LogP contribution in [-0.4, -0.2) is 26.8 Å². The maximum atomic E-state index is 12.0. The summed E-state index contributed by atoms with van der Waals surface area (Å²) in [6.07, 6.45) is 3.50. The molecular weight excluding hydrogens is 266 g/mol. The van der Waals surface area contributed by atoms with E-state index in [2.05, 4.69) is 10.4 Å². The highest BCUT2D eigenvalue weighted by molar-refractivity contribution is 6.33. The van der Waals surface area contributed by atoms with Crippen LogP contribution in [-0.2, 0) is 6.54 Å². The average Bonchev–Trinajstić information content (AvgIpc) is 2.84. The first-order valence-corrected chi connectivity index (χ1v) is 6.21. The molecule has 1 heterocycles. The van der Waals surface area contributed by atoms with Crippen molar-refractivity contribution in [2.24, 2.45) is 0 Å². The molecular formula is C13H14ClN3O2. The number of nitrogens with zero attached hydrogens (tertiary/aromatic N) is 2. The molecule has 0 fully saturated rings. The highest BCUT2D eigenvalue weighted by atomic mass is 35.5. The third kappa shape index (κ3) is 3.48. The van der Waals surface area contributed by atoms with Gasteiger partial charge in [0.15, 0.2) is 0 Å². The first-order valence-electron chi connectivity index (χ1n) is 5.83. The fourth-order valence-electron chi connectivity index (χ4n) is 1.72. The molecule has 6 heteroatoms. The Morgan fingerprint density at radius 3 is 3.05 bits per heavy atom. The lowest BCUT2D eigenvalue weighted by Crippen LogP contribution is -2.35. The molecule has 1 aromatic heterocycles. The van der Waals surface area contributed by atoms with Gasteiger partial charge in [0.1, 0.15) is 5.75 Å². The SMILES string of the molecule is CC(Cn1cccn1)NC(=O)c1cc(O)ccc1Cl. The molecule has 2 rings (SSSR count). The van der Waals surface area contributed by atoms with Gasteiger partial charge in [0.05, 0.1) is 17.1 Å². The van der Waals surface area contributed by atoms with Gasteiger partial charge in [-0.1, -0.05) is 11.6 Å². The minimum absolute atomic E-state index is 0.00859. The van der Waals surface area contributed by atoms with Gasteiger partial charge < -0.3 is 10.4 Å². The molecule has 0 saturated carbocycles. The molecule has 2 N–H and O–H groups in total. The Bertz CT molecular complexity index is 569. The van der Waals surface area contributed by atoms with E-state index in [-0.39, 0.29) is 23.3 Å². The minimum Gasteiger partial charge on any atom is -0.508 e. The van der Waals surface area contributed by atoms with Crippen molar-refractivity contribution in [3.63, 3.8) is 0 Å². The molecule has 0 spiro atoms. The molecule has 100 valence electrons. The lowest BCUT2D eigenvalue weighted by molar-refractivity contribution is 0.0936. The number of nitrogens with one attached hydrogen (secondary N) is 1. The molecule has 0 aliphatic rings. The molecule has 19 heavy (non-hydrogen) atoms. The highest BCUT2D eigenvalue weighted by Crippen LogP contribution is 2.21. The summed E-state index contributed by atoms with van der Waals surface area (Å²) in [6, 6.07) is 5.99. The van der Waals surface area contributed by atoms with Gasteiger partial charge in [-0.15, -0.1) is 0 Å². The van der Waals surface area contributed by atoms with E-state index < -0.39 is 0 Å². The van der Waals surface area contributed by atoms with E-state index in [1.54, 1.807) is 10.9 Å². The Hall–Kier alpha value is -2.01. The molecule has 5 nitrogen and oxygen atoms in total. The number of phenolic OH excluding ortho intramolecular Hbond substituents is 1. The largest absolute Gasteiger partial charge is 0.508 e. The van der Waals surface area contributed by atoms with Gasteiger partial charge in [-0.05, 0) is 31.2 Å². The summed E-state index contributed by atoms with van der Waals surface area (Å²) in [6.45, 7) is 2.44. The number of benzene rings is 1. The van der Waals surface area contributed by atoms with Crippen LogP contribution >= 0.6 is 11.6 Å². The molecule has 1 aromatic carbocycles. The van der Waals surface area contributed by atoms with Crippen molar-refractivity contribution >= 4 is 17.5 Å². The summed E-state index contributed by atoms with van der Waals surface area (Å²) >= 11 is 5.93. The normalized spacial score (nSPS) is 12.1. The summed E-state index contributed by atoms with van der Waals surface area (Å²) in [5.41, 5.74) is 0.258. The van der Waals surface area contributed by atoms with E-state index in [9.17, 15) is 9.90 Å². The monoisotopic (exact) mass is 279 g/mol. The van der Waals surface area contributed by atoms with E-state index in [1.807, 2.05) is 19.2 Å². The second-order valence-electron chi connectivity index (χ2n) is 4.27. The van der Waals surface area contributed by atoms with Gasteiger partial charge in [-0.3, -0.25) is 9.48 Å². The Labute approximate surface area is 115 Å². The molecule has 1 amide bonds. The summed E-state index contributed by atoms with van der Waals surface area (Å²) in [4.78, 5) is 12.0. The zero-order chi connectivity index (χ0) is 13.8. The predicted molar refractivity (Wildman–Crippen MR) is 72.3 cm³/mol. The fraction of sp³-hybridized carbons (Fsp3) is 0.231. The van der Waals surface area contributed by atoms with Crippen LogP contribution in [0.2, 0.25) is 5.02 Å².